The van der Waals surface area contributed by atoms with E-state index in [4.69, 9.17) is 9.47 Å². The molecule has 0 saturated carbocycles. The lowest BCUT2D eigenvalue weighted by atomic mass is 10.1. The van der Waals surface area contributed by atoms with Gasteiger partial charge in [-0.15, -0.1) is 0 Å². The molecule has 2 aromatic rings. The molecule has 0 bridgehead atoms. The average Bonchev–Trinajstić information content (AvgIpc) is 2.77. The van der Waals surface area contributed by atoms with Gasteiger partial charge in [0.2, 0.25) is 6.10 Å². The van der Waals surface area contributed by atoms with Crippen LogP contribution in [0.1, 0.15) is 13.8 Å². The van der Waals surface area contributed by atoms with Crippen LogP contribution >= 0.6 is 0 Å². The largest absolute Gasteiger partial charge is 0.482 e. The summed E-state index contributed by atoms with van der Waals surface area (Å²) < 4.78 is 11.7. The van der Waals surface area contributed by atoms with Crippen LogP contribution in [0.4, 0.5) is 5.69 Å². The first-order valence-corrected chi connectivity index (χ1v) is 10.4. The molecule has 29 heavy (non-hydrogen) atoms. The van der Waals surface area contributed by atoms with Crippen molar-refractivity contribution in [1.29, 1.82) is 0 Å². The van der Waals surface area contributed by atoms with Crippen LogP contribution in [0.15, 0.2) is 54.6 Å². The summed E-state index contributed by atoms with van der Waals surface area (Å²) in [7, 11) is 0. The van der Waals surface area contributed by atoms with Gasteiger partial charge in [-0.3, -0.25) is 9.69 Å². The van der Waals surface area contributed by atoms with E-state index in [0.717, 1.165) is 26.2 Å². The summed E-state index contributed by atoms with van der Waals surface area (Å²) in [6, 6.07) is 18.3. The van der Waals surface area contributed by atoms with Crippen molar-refractivity contribution in [2.75, 3.05) is 37.6 Å². The minimum Gasteiger partial charge on any atom is -0.482 e. The molecule has 3 atom stereocenters. The van der Waals surface area contributed by atoms with Crippen molar-refractivity contribution in [3.05, 3.63) is 54.6 Å². The molecule has 1 amide bonds. The summed E-state index contributed by atoms with van der Waals surface area (Å²) in [5.41, 5.74) is 1.27. The number of nitrogens with zero attached hydrogens (tertiary/aromatic N) is 2. The van der Waals surface area contributed by atoms with Gasteiger partial charge in [0.15, 0.2) is 11.5 Å². The van der Waals surface area contributed by atoms with E-state index in [1.807, 2.05) is 37.3 Å². The number of carbonyl (C=O) groups is 1. The number of hydrogen-bond acceptors (Lipinski definition) is 5. The first-order valence-electron chi connectivity index (χ1n) is 10.4. The number of hydrogen-bond donors (Lipinski definition) is 1. The normalized spacial score (nSPS) is 22.8. The molecule has 2 aliphatic rings. The van der Waals surface area contributed by atoms with E-state index < -0.39 is 6.10 Å². The topological polar surface area (TPSA) is 54.0 Å². The van der Waals surface area contributed by atoms with Gasteiger partial charge in [0, 0.05) is 44.5 Å². The Labute approximate surface area is 172 Å². The Hall–Kier alpha value is -2.73. The maximum absolute atomic E-state index is 12.7. The van der Waals surface area contributed by atoms with Crippen LogP contribution in [-0.4, -0.2) is 61.8 Å². The number of ether oxygens (including phenoxy) is 2. The highest BCUT2D eigenvalue weighted by atomic mass is 16.6. The van der Waals surface area contributed by atoms with Crippen LogP contribution in [0.2, 0.25) is 0 Å². The monoisotopic (exact) mass is 395 g/mol. The lowest BCUT2D eigenvalue weighted by Gasteiger charge is -2.39. The molecule has 0 unspecified atom stereocenters. The second-order valence-electron chi connectivity index (χ2n) is 7.76. The summed E-state index contributed by atoms with van der Waals surface area (Å²) in [6.07, 6.45) is -0.957. The standard InChI is InChI=1S/C23H29N3O3/c1-17(25-12-14-26(15-13-25)19-8-4-3-5-9-19)16-24-23(27)22-18(2)28-20-10-6-7-11-21(20)29-22/h3-11,17-18,22H,12-16H2,1-2H3,(H,24,27)/t17-,18+,22-/m1/s1. The molecule has 0 aliphatic carbocycles. The minimum atomic E-state index is -0.632. The first kappa shape index (κ1) is 19.6. The quantitative estimate of drug-likeness (QED) is 0.843. The molecular weight excluding hydrogens is 366 g/mol. The molecule has 6 nitrogen and oxygen atoms in total. The zero-order valence-electron chi connectivity index (χ0n) is 17.1. The van der Waals surface area contributed by atoms with Gasteiger partial charge in [-0.25, -0.2) is 0 Å². The van der Waals surface area contributed by atoms with Gasteiger partial charge < -0.3 is 19.7 Å². The van der Waals surface area contributed by atoms with E-state index in [0.29, 0.717) is 18.0 Å². The molecule has 1 fully saturated rings. The maximum atomic E-state index is 12.7. The lowest BCUT2D eigenvalue weighted by Crippen LogP contribution is -2.54. The van der Waals surface area contributed by atoms with Crippen molar-refractivity contribution >= 4 is 11.6 Å². The Morgan fingerprint density at radius 1 is 1.00 bits per heavy atom. The van der Waals surface area contributed by atoms with E-state index in [2.05, 4.69) is 46.3 Å². The lowest BCUT2D eigenvalue weighted by molar-refractivity contribution is -0.133. The summed E-state index contributed by atoms with van der Waals surface area (Å²) in [6.45, 7) is 8.59. The molecular formula is C23H29N3O3. The third-order valence-corrected chi connectivity index (χ3v) is 5.73. The number of nitrogens with one attached hydrogen (secondary N) is 1. The van der Waals surface area contributed by atoms with E-state index in [1.54, 1.807) is 0 Å². The van der Waals surface area contributed by atoms with Crippen molar-refractivity contribution in [1.82, 2.24) is 10.2 Å². The van der Waals surface area contributed by atoms with Crippen LogP contribution in [0.25, 0.3) is 0 Å². The molecule has 154 valence electrons. The summed E-state index contributed by atoms with van der Waals surface area (Å²) in [4.78, 5) is 17.5. The zero-order valence-corrected chi connectivity index (χ0v) is 17.1. The maximum Gasteiger partial charge on any atom is 0.265 e. The average molecular weight is 396 g/mol. The highest BCUT2D eigenvalue weighted by Crippen LogP contribution is 2.33. The third kappa shape index (κ3) is 4.48. The Morgan fingerprint density at radius 3 is 2.31 bits per heavy atom. The molecule has 2 aromatic carbocycles. The van der Waals surface area contributed by atoms with Crippen LogP contribution in [-0.2, 0) is 4.79 Å². The highest BCUT2D eigenvalue weighted by molar-refractivity contribution is 5.82. The molecule has 1 N–H and O–H groups in total. The Balaban J connectivity index is 1.26. The van der Waals surface area contributed by atoms with Crippen molar-refractivity contribution in [2.24, 2.45) is 0 Å². The fourth-order valence-corrected chi connectivity index (χ4v) is 3.94. The second-order valence-corrected chi connectivity index (χ2v) is 7.76. The van der Waals surface area contributed by atoms with Crippen LogP contribution < -0.4 is 19.7 Å². The Morgan fingerprint density at radius 2 is 1.62 bits per heavy atom. The molecule has 4 rings (SSSR count). The number of benzene rings is 2. The van der Waals surface area contributed by atoms with Gasteiger partial charge in [0.1, 0.15) is 6.10 Å². The molecule has 1 saturated heterocycles. The molecule has 6 heteroatoms. The number of anilines is 1. The number of piperazine rings is 1. The highest BCUT2D eigenvalue weighted by Gasteiger charge is 2.34. The predicted octanol–water partition coefficient (Wildman–Crippen LogP) is 2.54. The number of amides is 1. The van der Waals surface area contributed by atoms with E-state index >= 15 is 0 Å². The van der Waals surface area contributed by atoms with Gasteiger partial charge in [-0.05, 0) is 38.1 Å². The van der Waals surface area contributed by atoms with Crippen molar-refractivity contribution < 1.29 is 14.3 Å². The smallest absolute Gasteiger partial charge is 0.265 e. The molecule has 0 radical (unpaired) electrons. The number of rotatable bonds is 5. The van der Waals surface area contributed by atoms with Gasteiger partial charge in [-0.2, -0.15) is 0 Å². The van der Waals surface area contributed by atoms with Gasteiger partial charge >= 0.3 is 0 Å². The first-order chi connectivity index (χ1) is 14.1. The van der Waals surface area contributed by atoms with Crippen molar-refractivity contribution in [3.63, 3.8) is 0 Å². The zero-order chi connectivity index (χ0) is 20.2. The number of fused-ring (bicyclic) bond motifs is 1. The van der Waals surface area contributed by atoms with E-state index in [1.165, 1.54) is 5.69 Å². The van der Waals surface area contributed by atoms with Crippen LogP contribution in [0, 0.1) is 0 Å². The SMILES string of the molecule is C[C@@H]1Oc2ccccc2O[C@H]1C(=O)NC[C@@H](C)N1CCN(c2ccccc2)CC1. The van der Waals surface area contributed by atoms with Gasteiger partial charge in [-0.1, -0.05) is 30.3 Å². The summed E-state index contributed by atoms with van der Waals surface area (Å²) >= 11 is 0. The van der Waals surface area contributed by atoms with Gasteiger partial charge in [0.05, 0.1) is 0 Å². The Kier molecular flexibility index (Phi) is 5.90. The Bertz CT molecular complexity index is 821. The van der Waals surface area contributed by atoms with Crippen LogP contribution in [0.5, 0.6) is 11.5 Å². The molecule has 2 aliphatic heterocycles. The number of para-hydroxylation sites is 3. The van der Waals surface area contributed by atoms with E-state index in [-0.39, 0.29) is 18.1 Å². The minimum absolute atomic E-state index is 0.123. The molecule has 0 aromatic heterocycles. The molecule has 2 heterocycles. The fourth-order valence-electron chi connectivity index (χ4n) is 3.94. The summed E-state index contributed by atoms with van der Waals surface area (Å²) in [5, 5.41) is 3.05. The van der Waals surface area contributed by atoms with Crippen molar-refractivity contribution in [2.45, 2.75) is 32.1 Å². The number of carbonyl (C=O) groups excluding carboxylic acids is 1. The molecule has 0 spiro atoms. The second kappa shape index (κ2) is 8.74. The van der Waals surface area contributed by atoms with E-state index in [9.17, 15) is 4.79 Å². The predicted molar refractivity (Wildman–Crippen MR) is 114 cm³/mol. The van der Waals surface area contributed by atoms with Crippen LogP contribution in [0.3, 0.4) is 0 Å². The van der Waals surface area contributed by atoms with Crippen molar-refractivity contribution in [3.8, 4) is 11.5 Å². The summed E-state index contributed by atoms with van der Waals surface area (Å²) in [5.74, 6) is 1.19. The third-order valence-electron chi connectivity index (χ3n) is 5.73. The van der Waals surface area contributed by atoms with Gasteiger partial charge in [0.25, 0.3) is 5.91 Å². The fraction of sp³-hybridized carbons (Fsp3) is 0.435.